The Bertz CT molecular complexity index is 854. The number of carbonyl (C=O) groups excluding carboxylic acids is 1. The molecular weight excluding hydrogens is 364 g/mol. The summed E-state index contributed by atoms with van der Waals surface area (Å²) in [6.45, 7) is 6.36. The van der Waals surface area contributed by atoms with Gasteiger partial charge in [-0.05, 0) is 68.3 Å². The minimum Gasteiger partial charge on any atom is -0.364 e. The van der Waals surface area contributed by atoms with Gasteiger partial charge in [-0.15, -0.1) is 0 Å². The zero-order valence-electron chi connectivity index (χ0n) is 17.1. The molecule has 0 unspecified atom stereocenters. The number of rotatable bonds is 5. The van der Waals surface area contributed by atoms with Crippen LogP contribution in [0.3, 0.4) is 0 Å². The Balaban J connectivity index is 1.56. The molecule has 2 aliphatic heterocycles. The lowest BCUT2D eigenvalue weighted by atomic mass is 9.75. The average molecular weight is 395 g/mol. The van der Waals surface area contributed by atoms with Crippen LogP contribution in [0, 0.1) is 0 Å². The molecule has 1 amide bonds. The smallest absolute Gasteiger partial charge is 0.271 e. The molecule has 2 fully saturated rings. The highest BCUT2D eigenvalue weighted by atomic mass is 16.1. The number of nitrogens with zero attached hydrogens (tertiary/aromatic N) is 3. The molecule has 7 heteroatoms. The second-order valence-electron chi connectivity index (χ2n) is 8.35. The Morgan fingerprint density at radius 1 is 1.14 bits per heavy atom. The molecular formula is C22H30N6O. The largest absolute Gasteiger partial charge is 0.364 e. The number of amides is 1. The highest BCUT2D eigenvalue weighted by Crippen LogP contribution is 2.33. The van der Waals surface area contributed by atoms with Gasteiger partial charge in [-0.25, -0.2) is 9.97 Å². The molecule has 0 radical (unpaired) electrons. The van der Waals surface area contributed by atoms with Crippen LogP contribution in [0.4, 0.5) is 17.3 Å². The van der Waals surface area contributed by atoms with Crippen molar-refractivity contribution in [1.29, 1.82) is 0 Å². The molecule has 4 N–H and O–H groups in total. The van der Waals surface area contributed by atoms with Gasteiger partial charge in [-0.1, -0.05) is 19.1 Å². The normalized spacial score (nSPS) is 19.0. The summed E-state index contributed by atoms with van der Waals surface area (Å²) >= 11 is 0. The monoisotopic (exact) mass is 394 g/mol. The highest BCUT2D eigenvalue weighted by molar-refractivity contribution is 5.96. The first-order valence-electron chi connectivity index (χ1n) is 10.6. The maximum absolute atomic E-state index is 11.9. The molecule has 1 aromatic carbocycles. The molecule has 0 atom stereocenters. The van der Waals surface area contributed by atoms with E-state index in [1.807, 2.05) is 12.1 Å². The van der Waals surface area contributed by atoms with E-state index in [0.717, 1.165) is 63.4 Å². The Morgan fingerprint density at radius 2 is 1.83 bits per heavy atom. The van der Waals surface area contributed by atoms with Crippen molar-refractivity contribution >= 4 is 23.2 Å². The van der Waals surface area contributed by atoms with Crippen LogP contribution in [0.2, 0.25) is 0 Å². The maximum Gasteiger partial charge on any atom is 0.271 e. The highest BCUT2D eigenvalue weighted by Gasteiger charge is 2.28. The number of hydrogen-bond acceptors (Lipinski definition) is 6. The summed E-state index contributed by atoms with van der Waals surface area (Å²) in [7, 11) is 0. The molecule has 7 nitrogen and oxygen atoms in total. The summed E-state index contributed by atoms with van der Waals surface area (Å²) in [5.41, 5.74) is 8.12. The van der Waals surface area contributed by atoms with E-state index in [1.165, 1.54) is 12.0 Å². The lowest BCUT2D eigenvalue weighted by Crippen LogP contribution is -2.37. The lowest BCUT2D eigenvalue weighted by molar-refractivity contribution is 0.0996. The van der Waals surface area contributed by atoms with E-state index < -0.39 is 5.91 Å². The second-order valence-corrected chi connectivity index (χ2v) is 8.35. The van der Waals surface area contributed by atoms with Gasteiger partial charge >= 0.3 is 0 Å². The first kappa shape index (κ1) is 19.6. The molecule has 2 aliphatic rings. The zero-order valence-corrected chi connectivity index (χ0v) is 17.1. The number of benzene rings is 1. The third-order valence-corrected chi connectivity index (χ3v) is 6.22. The maximum atomic E-state index is 11.9. The van der Waals surface area contributed by atoms with Gasteiger partial charge in [0.25, 0.3) is 5.91 Å². The Labute approximate surface area is 172 Å². The van der Waals surface area contributed by atoms with E-state index in [0.29, 0.717) is 5.82 Å². The zero-order chi connectivity index (χ0) is 20.3. The summed E-state index contributed by atoms with van der Waals surface area (Å²) in [6, 6.07) is 8.42. The minimum atomic E-state index is -0.580. The van der Waals surface area contributed by atoms with Gasteiger partial charge in [-0.2, -0.15) is 0 Å². The molecule has 2 aromatic rings. The molecule has 0 bridgehead atoms. The first-order valence-corrected chi connectivity index (χ1v) is 10.6. The van der Waals surface area contributed by atoms with Crippen LogP contribution < -0.4 is 21.3 Å². The van der Waals surface area contributed by atoms with Crippen molar-refractivity contribution in [3.8, 4) is 0 Å². The number of primary amides is 1. The molecule has 1 aromatic heterocycles. The molecule has 0 saturated carbocycles. The predicted octanol–water partition coefficient (Wildman–Crippen LogP) is 2.95. The fourth-order valence-corrected chi connectivity index (χ4v) is 4.28. The van der Waals surface area contributed by atoms with Gasteiger partial charge in [-0.3, -0.25) is 4.79 Å². The summed E-state index contributed by atoms with van der Waals surface area (Å²) in [4.78, 5) is 23.1. The van der Waals surface area contributed by atoms with E-state index >= 15 is 0 Å². The number of anilines is 3. The number of nitrogens with one attached hydrogen (secondary N) is 2. The lowest BCUT2D eigenvalue weighted by Gasteiger charge is -2.34. The van der Waals surface area contributed by atoms with E-state index in [-0.39, 0.29) is 11.1 Å². The van der Waals surface area contributed by atoms with E-state index in [9.17, 15) is 4.79 Å². The molecule has 154 valence electrons. The fourth-order valence-electron chi connectivity index (χ4n) is 4.28. The molecule has 2 saturated heterocycles. The summed E-state index contributed by atoms with van der Waals surface area (Å²) in [5, 5.41) is 6.69. The third-order valence-electron chi connectivity index (χ3n) is 6.22. The van der Waals surface area contributed by atoms with Crippen molar-refractivity contribution in [2.75, 3.05) is 36.4 Å². The SMILES string of the molecule is CC1(c2ccc(Nc3nc(N4CCCCC4)cnc3C(N)=O)cc2)CCNCC1. The van der Waals surface area contributed by atoms with Crippen LogP contribution in [0.1, 0.15) is 55.1 Å². The van der Waals surface area contributed by atoms with Crippen molar-refractivity contribution in [2.24, 2.45) is 5.73 Å². The van der Waals surface area contributed by atoms with Gasteiger partial charge in [0.05, 0.1) is 6.20 Å². The van der Waals surface area contributed by atoms with Crippen LogP contribution in [-0.2, 0) is 5.41 Å². The summed E-state index contributed by atoms with van der Waals surface area (Å²) in [5.74, 6) is 0.626. The Kier molecular flexibility index (Phi) is 5.67. The predicted molar refractivity (Wildman–Crippen MR) is 116 cm³/mol. The quantitative estimate of drug-likeness (QED) is 0.722. The standard InChI is InChI=1S/C22H30N6O/c1-22(9-11-24-12-10-22)16-5-7-17(8-6-16)26-21-19(20(23)29)25-15-18(27-21)28-13-3-2-4-14-28/h5-8,15,24H,2-4,9-14H2,1H3,(H2,23,29)(H,26,27). The van der Waals surface area contributed by atoms with E-state index in [2.05, 4.69) is 44.6 Å². The second kappa shape index (κ2) is 8.37. The third kappa shape index (κ3) is 4.34. The Morgan fingerprint density at radius 3 is 2.48 bits per heavy atom. The van der Waals surface area contributed by atoms with Crippen LogP contribution in [0.5, 0.6) is 0 Å². The van der Waals surface area contributed by atoms with Crippen LogP contribution >= 0.6 is 0 Å². The Hall–Kier alpha value is -2.67. The van der Waals surface area contributed by atoms with E-state index in [4.69, 9.17) is 5.73 Å². The van der Waals surface area contributed by atoms with Crippen LogP contribution in [-0.4, -0.2) is 42.1 Å². The summed E-state index contributed by atoms with van der Waals surface area (Å²) in [6.07, 6.45) is 7.47. The average Bonchev–Trinajstić information content (AvgIpc) is 2.75. The van der Waals surface area contributed by atoms with Gasteiger partial charge in [0.2, 0.25) is 0 Å². The molecule has 0 aliphatic carbocycles. The molecule has 29 heavy (non-hydrogen) atoms. The van der Waals surface area contributed by atoms with Gasteiger partial charge in [0.15, 0.2) is 11.5 Å². The van der Waals surface area contributed by atoms with Crippen molar-refractivity contribution in [1.82, 2.24) is 15.3 Å². The number of hydrogen-bond donors (Lipinski definition) is 3. The van der Waals surface area contributed by atoms with Crippen molar-refractivity contribution in [3.05, 3.63) is 41.7 Å². The number of piperidine rings is 2. The van der Waals surface area contributed by atoms with Gasteiger partial charge in [0, 0.05) is 18.8 Å². The van der Waals surface area contributed by atoms with Crippen molar-refractivity contribution in [2.45, 2.75) is 44.4 Å². The van der Waals surface area contributed by atoms with Gasteiger partial charge in [0.1, 0.15) is 5.82 Å². The fraction of sp³-hybridized carbons (Fsp3) is 0.500. The number of carbonyl (C=O) groups is 1. The first-order chi connectivity index (χ1) is 14.0. The van der Waals surface area contributed by atoms with E-state index in [1.54, 1.807) is 6.20 Å². The van der Waals surface area contributed by atoms with Crippen molar-refractivity contribution in [3.63, 3.8) is 0 Å². The van der Waals surface area contributed by atoms with Crippen molar-refractivity contribution < 1.29 is 4.79 Å². The topological polar surface area (TPSA) is 96.2 Å². The minimum absolute atomic E-state index is 0.167. The number of aromatic nitrogens is 2. The summed E-state index contributed by atoms with van der Waals surface area (Å²) < 4.78 is 0. The van der Waals surface area contributed by atoms with Crippen LogP contribution in [0.15, 0.2) is 30.5 Å². The van der Waals surface area contributed by atoms with Crippen LogP contribution in [0.25, 0.3) is 0 Å². The number of nitrogens with two attached hydrogens (primary N) is 1. The molecule has 3 heterocycles. The molecule has 0 spiro atoms. The van der Waals surface area contributed by atoms with Gasteiger partial charge < -0.3 is 21.3 Å². The molecule has 4 rings (SSSR count).